The number of hydrogen-bond donors (Lipinski definition) is 0. The van der Waals surface area contributed by atoms with Crippen molar-refractivity contribution in [3.8, 4) is 22.3 Å². The standard InChI is InChI=1S/C40H24O/c1-2-12-27-25(11-1)23-36(29-14-4-3-13-28(27)29)40-33-18-7-5-16-31(33)39(32-17-6-8-19-34(32)40)26-21-22-38-35(24-26)30-15-9-10-20-37(30)41-38/h1-24H/i5D,6D,7D,8D,9D,10D,15D,16D,17D,18D,19D,20D,21D,22D,24D. The Morgan fingerprint density at radius 1 is 0.439 bits per heavy atom. The van der Waals surface area contributed by atoms with E-state index in [9.17, 15) is 8.22 Å². The first-order valence-corrected chi connectivity index (χ1v) is 12.9. The van der Waals surface area contributed by atoms with Crippen LogP contribution in [0.1, 0.15) is 20.6 Å². The number of fused-ring (bicyclic) bond motifs is 8. The summed E-state index contributed by atoms with van der Waals surface area (Å²) in [5.74, 6) is 0. The van der Waals surface area contributed by atoms with Gasteiger partial charge in [-0.05, 0) is 89.5 Å². The minimum Gasteiger partial charge on any atom is -0.456 e. The van der Waals surface area contributed by atoms with E-state index in [4.69, 9.17) is 16.8 Å². The third-order valence-corrected chi connectivity index (χ3v) is 7.55. The molecule has 0 saturated heterocycles. The second-order valence-electron chi connectivity index (χ2n) is 9.70. The molecule has 0 atom stereocenters. The van der Waals surface area contributed by atoms with Crippen molar-refractivity contribution in [1.82, 2.24) is 0 Å². The van der Waals surface area contributed by atoms with Crippen molar-refractivity contribution in [1.29, 1.82) is 0 Å². The molecule has 0 aliphatic heterocycles. The van der Waals surface area contributed by atoms with Crippen LogP contribution < -0.4 is 0 Å². The van der Waals surface area contributed by atoms with Crippen LogP contribution in [0.4, 0.5) is 0 Å². The van der Waals surface area contributed by atoms with Gasteiger partial charge in [-0.1, -0.05) is 121 Å². The molecule has 0 amide bonds. The van der Waals surface area contributed by atoms with Gasteiger partial charge in [0, 0.05) is 10.8 Å². The van der Waals surface area contributed by atoms with Gasteiger partial charge in [-0.2, -0.15) is 0 Å². The number of benzene rings is 8. The Labute approximate surface area is 258 Å². The van der Waals surface area contributed by atoms with Crippen molar-refractivity contribution in [2.45, 2.75) is 0 Å². The fourth-order valence-electron chi connectivity index (χ4n) is 5.83. The second-order valence-corrected chi connectivity index (χ2v) is 9.70. The van der Waals surface area contributed by atoms with Crippen LogP contribution in [0.25, 0.3) is 87.3 Å². The molecule has 9 aromatic rings. The number of rotatable bonds is 2. The maximum Gasteiger partial charge on any atom is 0.135 e. The smallest absolute Gasteiger partial charge is 0.135 e. The van der Waals surface area contributed by atoms with Crippen LogP contribution in [0.2, 0.25) is 0 Å². The first-order chi connectivity index (χ1) is 26.6. The van der Waals surface area contributed by atoms with Crippen molar-refractivity contribution in [2.75, 3.05) is 0 Å². The lowest BCUT2D eigenvalue weighted by Gasteiger charge is -2.19. The van der Waals surface area contributed by atoms with E-state index in [2.05, 4.69) is 0 Å². The zero-order valence-corrected chi connectivity index (χ0v) is 21.1. The highest BCUT2D eigenvalue weighted by Crippen LogP contribution is 2.47. The van der Waals surface area contributed by atoms with Gasteiger partial charge in [0.05, 0.1) is 20.6 Å². The van der Waals surface area contributed by atoms with E-state index in [1.165, 1.54) is 0 Å². The lowest BCUT2D eigenvalue weighted by atomic mass is 9.83. The summed E-state index contributed by atoms with van der Waals surface area (Å²) < 4.78 is 140. The molecule has 0 radical (unpaired) electrons. The van der Waals surface area contributed by atoms with Crippen LogP contribution in [0, 0.1) is 0 Å². The van der Waals surface area contributed by atoms with Crippen LogP contribution in [-0.2, 0) is 0 Å². The SMILES string of the molecule is [2H]c1c([2H])c([2H])c2c(oc3c([2H])c([2H])c(-c4c5c([2H])c([2H])c([2H])c([2H])c5c(-c5cc6ccccc6c6ccccc56)c5c([2H])c([2H])c([2H])c([2H])c45)c([2H])c32)c1[2H]. The van der Waals surface area contributed by atoms with Gasteiger partial charge in [0.15, 0.2) is 0 Å². The fraction of sp³-hybridized carbons (Fsp3) is 0. The first kappa shape index (κ1) is 12.4. The number of furan rings is 1. The summed E-state index contributed by atoms with van der Waals surface area (Å²) in [4.78, 5) is 0. The topological polar surface area (TPSA) is 13.1 Å². The maximum atomic E-state index is 9.61. The van der Waals surface area contributed by atoms with E-state index in [0.29, 0.717) is 10.9 Å². The van der Waals surface area contributed by atoms with Gasteiger partial charge in [-0.3, -0.25) is 0 Å². The summed E-state index contributed by atoms with van der Waals surface area (Å²) in [5, 5.41) is 1.68. The van der Waals surface area contributed by atoms with Gasteiger partial charge in [0.1, 0.15) is 11.2 Å². The largest absolute Gasteiger partial charge is 0.456 e. The van der Waals surface area contributed by atoms with Gasteiger partial charge in [-0.25, -0.2) is 0 Å². The minimum absolute atomic E-state index is 0.0767. The molecule has 1 heterocycles. The quantitative estimate of drug-likeness (QED) is 0.158. The molecule has 0 N–H and O–H groups in total. The van der Waals surface area contributed by atoms with E-state index >= 15 is 0 Å². The van der Waals surface area contributed by atoms with Crippen LogP contribution >= 0.6 is 0 Å². The Hall–Kier alpha value is -5.40. The van der Waals surface area contributed by atoms with Crippen LogP contribution in [-0.4, -0.2) is 0 Å². The van der Waals surface area contributed by atoms with Crippen molar-refractivity contribution in [3.63, 3.8) is 0 Å². The predicted molar refractivity (Wildman–Crippen MR) is 175 cm³/mol. The van der Waals surface area contributed by atoms with E-state index in [-0.39, 0.29) is 54.6 Å². The highest BCUT2D eigenvalue weighted by molar-refractivity contribution is 6.26. The van der Waals surface area contributed by atoms with Gasteiger partial charge in [-0.15, -0.1) is 0 Å². The highest BCUT2D eigenvalue weighted by atomic mass is 16.3. The predicted octanol–water partition coefficient (Wildman–Crippen LogP) is 11.5. The molecule has 0 unspecified atom stereocenters. The summed E-state index contributed by atoms with van der Waals surface area (Å²) in [7, 11) is 0. The molecule has 1 heteroatoms. The Bertz CT molecular complexity index is 3230. The third-order valence-electron chi connectivity index (χ3n) is 7.55. The fourth-order valence-corrected chi connectivity index (χ4v) is 5.83. The van der Waals surface area contributed by atoms with Gasteiger partial charge >= 0.3 is 0 Å². The van der Waals surface area contributed by atoms with Gasteiger partial charge in [0.2, 0.25) is 0 Å². The highest BCUT2D eigenvalue weighted by Gasteiger charge is 2.19. The van der Waals surface area contributed by atoms with E-state index in [0.717, 1.165) is 16.2 Å². The van der Waals surface area contributed by atoms with Crippen molar-refractivity contribution >= 4 is 65.0 Å². The van der Waals surface area contributed by atoms with E-state index in [1.54, 1.807) is 12.1 Å². The molecule has 0 aliphatic rings. The number of hydrogen-bond acceptors (Lipinski definition) is 1. The molecule has 0 aliphatic carbocycles. The Morgan fingerprint density at radius 3 is 1.73 bits per heavy atom. The Balaban J connectivity index is 1.63. The molecule has 41 heavy (non-hydrogen) atoms. The zero-order valence-electron chi connectivity index (χ0n) is 36.1. The monoisotopic (exact) mass is 535 g/mol. The van der Waals surface area contributed by atoms with Crippen LogP contribution in [0.5, 0.6) is 0 Å². The summed E-state index contributed by atoms with van der Waals surface area (Å²) in [6, 6.07) is 7.32. The molecule has 8 aromatic carbocycles. The normalized spacial score (nSPS) is 17.0. The summed E-state index contributed by atoms with van der Waals surface area (Å²) in [5.41, 5.74) is -1.04. The molecular formula is C40H24O. The average molecular weight is 536 g/mol. The van der Waals surface area contributed by atoms with Crippen molar-refractivity contribution in [3.05, 3.63) is 145 Å². The lowest BCUT2D eigenvalue weighted by molar-refractivity contribution is 0.669. The molecule has 1 nitrogen and oxygen atoms in total. The molecular weight excluding hydrogens is 496 g/mol. The first-order valence-electron chi connectivity index (χ1n) is 20.4. The molecule has 0 saturated carbocycles. The molecule has 0 bridgehead atoms. The molecule has 0 fully saturated rings. The third kappa shape index (κ3) is 3.24. The van der Waals surface area contributed by atoms with E-state index in [1.807, 2.05) is 42.5 Å². The molecule has 9 rings (SSSR count). The second kappa shape index (κ2) is 8.55. The summed E-state index contributed by atoms with van der Waals surface area (Å²) >= 11 is 0. The van der Waals surface area contributed by atoms with Gasteiger partial charge < -0.3 is 4.42 Å². The zero-order chi connectivity index (χ0) is 40.0. The summed E-state index contributed by atoms with van der Waals surface area (Å²) in [6.07, 6.45) is 0. The van der Waals surface area contributed by atoms with Crippen molar-refractivity contribution < 1.29 is 25.0 Å². The molecule has 0 spiro atoms. The Kier molecular flexibility index (Phi) is 2.59. The number of para-hydroxylation sites is 1. The van der Waals surface area contributed by atoms with Crippen LogP contribution in [0.3, 0.4) is 0 Å². The van der Waals surface area contributed by atoms with Crippen LogP contribution in [0.15, 0.2) is 150 Å². The molecule has 1 aromatic heterocycles. The van der Waals surface area contributed by atoms with Crippen molar-refractivity contribution in [2.24, 2.45) is 0 Å². The van der Waals surface area contributed by atoms with Gasteiger partial charge in [0.25, 0.3) is 0 Å². The lowest BCUT2D eigenvalue weighted by Crippen LogP contribution is -1.92. The Morgan fingerprint density at radius 2 is 1.00 bits per heavy atom. The maximum absolute atomic E-state index is 9.61. The molecule has 190 valence electrons. The average Bonchev–Trinajstić information content (AvgIpc) is 3.62. The van der Waals surface area contributed by atoms with E-state index < -0.39 is 96.2 Å². The summed E-state index contributed by atoms with van der Waals surface area (Å²) in [6.45, 7) is 0. The minimum atomic E-state index is -0.692.